The van der Waals surface area contributed by atoms with Crippen LogP contribution in [-0.2, 0) is 4.79 Å². The zero-order chi connectivity index (χ0) is 18.7. The molecule has 0 radical (unpaired) electrons. The standard InChI is InChI=1S/C22H27ClN2O/c1-14-16(3)24-13-12-21(14)18-6-4-17(5-7-18)15(2)22(26)25-20-10-8-19(23)9-11-20/h8-13,15,17-18H,4-7H2,1-3H3,(H,25,26). The van der Waals surface area contributed by atoms with Gasteiger partial charge in [0.2, 0.25) is 5.91 Å². The predicted molar refractivity (Wildman–Crippen MR) is 108 cm³/mol. The molecular formula is C22H27ClN2O. The minimum atomic E-state index is 0.0203. The first-order chi connectivity index (χ1) is 12.5. The van der Waals surface area contributed by atoms with Gasteiger partial charge < -0.3 is 5.32 Å². The van der Waals surface area contributed by atoms with Crippen LogP contribution in [0.15, 0.2) is 36.5 Å². The largest absolute Gasteiger partial charge is 0.326 e. The average Bonchev–Trinajstić information content (AvgIpc) is 2.65. The van der Waals surface area contributed by atoms with Gasteiger partial charge in [-0.25, -0.2) is 0 Å². The Morgan fingerprint density at radius 1 is 1.12 bits per heavy atom. The van der Waals surface area contributed by atoms with E-state index < -0.39 is 0 Å². The number of carbonyl (C=O) groups is 1. The summed E-state index contributed by atoms with van der Waals surface area (Å²) in [5.41, 5.74) is 4.70. The van der Waals surface area contributed by atoms with E-state index in [0.29, 0.717) is 16.9 Å². The van der Waals surface area contributed by atoms with E-state index in [1.54, 1.807) is 12.1 Å². The second-order valence-electron chi connectivity index (χ2n) is 7.51. The molecule has 0 saturated heterocycles. The SMILES string of the molecule is Cc1nccc(C2CCC(C(C)C(=O)Nc3ccc(Cl)cc3)CC2)c1C. The fourth-order valence-corrected chi connectivity index (χ4v) is 4.16. The normalized spacial score (nSPS) is 21.2. The number of amides is 1. The Hall–Kier alpha value is -1.87. The number of hydrogen-bond acceptors (Lipinski definition) is 2. The molecule has 1 N–H and O–H groups in total. The van der Waals surface area contributed by atoms with E-state index in [1.807, 2.05) is 18.3 Å². The Bertz CT molecular complexity index is 764. The highest BCUT2D eigenvalue weighted by Crippen LogP contribution is 2.40. The van der Waals surface area contributed by atoms with Gasteiger partial charge in [0, 0.05) is 28.5 Å². The third kappa shape index (κ3) is 4.27. The molecule has 1 fully saturated rings. The number of anilines is 1. The second kappa shape index (κ2) is 8.22. The molecule has 1 saturated carbocycles. The smallest absolute Gasteiger partial charge is 0.227 e. The van der Waals surface area contributed by atoms with Crippen molar-refractivity contribution in [3.63, 3.8) is 0 Å². The number of carbonyl (C=O) groups excluding carboxylic acids is 1. The lowest BCUT2D eigenvalue weighted by Gasteiger charge is -2.32. The highest BCUT2D eigenvalue weighted by Gasteiger charge is 2.30. The molecule has 3 nitrogen and oxygen atoms in total. The molecule has 1 aliphatic carbocycles. The van der Waals surface area contributed by atoms with Crippen molar-refractivity contribution in [1.82, 2.24) is 4.98 Å². The quantitative estimate of drug-likeness (QED) is 0.727. The zero-order valence-corrected chi connectivity index (χ0v) is 16.5. The summed E-state index contributed by atoms with van der Waals surface area (Å²) >= 11 is 5.90. The second-order valence-corrected chi connectivity index (χ2v) is 7.94. The molecule has 3 rings (SSSR count). The average molecular weight is 371 g/mol. The summed E-state index contributed by atoms with van der Waals surface area (Å²) < 4.78 is 0. The summed E-state index contributed by atoms with van der Waals surface area (Å²) in [6.45, 7) is 6.30. The molecule has 0 bridgehead atoms. The number of rotatable bonds is 4. The van der Waals surface area contributed by atoms with Crippen molar-refractivity contribution in [2.75, 3.05) is 5.32 Å². The van der Waals surface area contributed by atoms with Gasteiger partial charge in [-0.05, 0) is 92.8 Å². The molecule has 4 heteroatoms. The Morgan fingerprint density at radius 2 is 1.77 bits per heavy atom. The monoisotopic (exact) mass is 370 g/mol. The first-order valence-electron chi connectivity index (χ1n) is 9.44. The molecule has 1 aromatic carbocycles. The maximum atomic E-state index is 12.6. The highest BCUT2D eigenvalue weighted by atomic mass is 35.5. The number of nitrogens with zero attached hydrogens (tertiary/aromatic N) is 1. The van der Waals surface area contributed by atoms with Crippen molar-refractivity contribution < 1.29 is 4.79 Å². The lowest BCUT2D eigenvalue weighted by atomic mass is 9.73. The molecule has 0 spiro atoms. The molecular weight excluding hydrogens is 344 g/mol. The van der Waals surface area contributed by atoms with Gasteiger partial charge in [-0.2, -0.15) is 0 Å². The zero-order valence-electron chi connectivity index (χ0n) is 15.8. The predicted octanol–water partition coefficient (Wildman–Crippen LogP) is 5.90. The topological polar surface area (TPSA) is 42.0 Å². The van der Waals surface area contributed by atoms with Crippen LogP contribution in [0.4, 0.5) is 5.69 Å². The van der Waals surface area contributed by atoms with E-state index in [4.69, 9.17) is 11.6 Å². The van der Waals surface area contributed by atoms with Gasteiger partial charge in [-0.3, -0.25) is 9.78 Å². The first-order valence-corrected chi connectivity index (χ1v) is 9.82. The summed E-state index contributed by atoms with van der Waals surface area (Å²) in [5.74, 6) is 1.17. The third-order valence-corrected chi connectivity index (χ3v) is 6.19. The van der Waals surface area contributed by atoms with Crippen molar-refractivity contribution in [2.45, 2.75) is 52.4 Å². The summed E-state index contributed by atoms with van der Waals surface area (Å²) in [5, 5.41) is 3.70. The Morgan fingerprint density at radius 3 is 2.42 bits per heavy atom. The molecule has 1 unspecified atom stereocenters. The van der Waals surface area contributed by atoms with Crippen molar-refractivity contribution >= 4 is 23.2 Å². The van der Waals surface area contributed by atoms with Crippen LogP contribution in [0.1, 0.15) is 55.3 Å². The fourth-order valence-electron chi connectivity index (χ4n) is 4.04. The number of halogens is 1. The Kier molecular flexibility index (Phi) is 5.98. The lowest BCUT2D eigenvalue weighted by Crippen LogP contribution is -2.29. The van der Waals surface area contributed by atoms with Crippen LogP contribution in [0.2, 0.25) is 5.02 Å². The van der Waals surface area contributed by atoms with E-state index in [0.717, 1.165) is 37.1 Å². The number of nitrogens with one attached hydrogen (secondary N) is 1. The van der Waals surface area contributed by atoms with Crippen molar-refractivity contribution in [3.05, 3.63) is 58.4 Å². The number of aryl methyl sites for hydroxylation is 1. The third-order valence-electron chi connectivity index (χ3n) is 5.94. The first kappa shape index (κ1) is 18.9. The number of pyridine rings is 1. The number of hydrogen-bond donors (Lipinski definition) is 1. The fraction of sp³-hybridized carbons (Fsp3) is 0.455. The van der Waals surface area contributed by atoms with Crippen LogP contribution >= 0.6 is 11.6 Å². The minimum absolute atomic E-state index is 0.0203. The van der Waals surface area contributed by atoms with Crippen LogP contribution in [0.5, 0.6) is 0 Å². The molecule has 1 aromatic heterocycles. The highest BCUT2D eigenvalue weighted by molar-refractivity contribution is 6.30. The maximum Gasteiger partial charge on any atom is 0.227 e. The van der Waals surface area contributed by atoms with E-state index in [1.165, 1.54) is 11.1 Å². The van der Waals surface area contributed by atoms with Gasteiger partial charge in [-0.15, -0.1) is 0 Å². The van der Waals surface area contributed by atoms with Gasteiger partial charge in [-0.1, -0.05) is 18.5 Å². The Balaban J connectivity index is 1.57. The summed E-state index contributed by atoms with van der Waals surface area (Å²) in [6, 6.07) is 9.46. The van der Waals surface area contributed by atoms with Crippen LogP contribution in [-0.4, -0.2) is 10.9 Å². The van der Waals surface area contributed by atoms with Gasteiger partial charge >= 0.3 is 0 Å². The van der Waals surface area contributed by atoms with Crippen molar-refractivity contribution in [3.8, 4) is 0 Å². The van der Waals surface area contributed by atoms with Crippen molar-refractivity contribution in [2.24, 2.45) is 11.8 Å². The molecule has 2 aromatic rings. The van der Waals surface area contributed by atoms with Crippen LogP contribution in [0, 0.1) is 25.7 Å². The molecule has 0 aliphatic heterocycles. The lowest BCUT2D eigenvalue weighted by molar-refractivity contribution is -0.121. The molecule has 26 heavy (non-hydrogen) atoms. The molecule has 1 aliphatic rings. The van der Waals surface area contributed by atoms with E-state index >= 15 is 0 Å². The maximum absolute atomic E-state index is 12.6. The van der Waals surface area contributed by atoms with E-state index in [2.05, 4.69) is 37.1 Å². The molecule has 1 atom stereocenters. The minimum Gasteiger partial charge on any atom is -0.326 e. The number of benzene rings is 1. The molecule has 1 heterocycles. The van der Waals surface area contributed by atoms with Gasteiger partial charge in [0.25, 0.3) is 0 Å². The van der Waals surface area contributed by atoms with Gasteiger partial charge in [0.1, 0.15) is 0 Å². The Labute approximate surface area is 161 Å². The summed E-state index contributed by atoms with van der Waals surface area (Å²) in [4.78, 5) is 17.0. The van der Waals surface area contributed by atoms with Crippen molar-refractivity contribution in [1.29, 1.82) is 0 Å². The van der Waals surface area contributed by atoms with E-state index in [-0.39, 0.29) is 11.8 Å². The molecule has 1 amide bonds. The summed E-state index contributed by atoms with van der Waals surface area (Å²) in [6.07, 6.45) is 6.41. The van der Waals surface area contributed by atoms with Gasteiger partial charge in [0.15, 0.2) is 0 Å². The number of aromatic nitrogens is 1. The van der Waals surface area contributed by atoms with Crippen LogP contribution in [0.25, 0.3) is 0 Å². The molecule has 138 valence electrons. The van der Waals surface area contributed by atoms with Gasteiger partial charge in [0.05, 0.1) is 0 Å². The van der Waals surface area contributed by atoms with Crippen LogP contribution < -0.4 is 5.32 Å². The van der Waals surface area contributed by atoms with Crippen LogP contribution in [0.3, 0.4) is 0 Å². The summed E-state index contributed by atoms with van der Waals surface area (Å²) in [7, 11) is 0. The van der Waals surface area contributed by atoms with E-state index in [9.17, 15) is 4.79 Å².